The van der Waals surface area contributed by atoms with Crippen molar-refractivity contribution < 1.29 is 39.4 Å². The van der Waals surface area contributed by atoms with Gasteiger partial charge in [-0.25, -0.2) is 0 Å². The highest BCUT2D eigenvalue weighted by molar-refractivity contribution is 5.86. The third-order valence-electron chi connectivity index (χ3n) is 8.15. The number of phenolic OH excluding ortho intramolecular Hbond substituents is 2. The van der Waals surface area contributed by atoms with Gasteiger partial charge in [-0.05, 0) is 38.4 Å². The van der Waals surface area contributed by atoms with Gasteiger partial charge in [0.2, 0.25) is 5.91 Å². The Labute approximate surface area is 209 Å². The highest BCUT2D eigenvalue weighted by Crippen LogP contribution is 2.59. The van der Waals surface area contributed by atoms with E-state index < -0.39 is 36.9 Å². The fraction of sp³-hybridized carbons (Fsp3) is 0.500. The molecule has 10 heteroatoms. The Hall–Kier alpha value is -3.21. The van der Waals surface area contributed by atoms with Gasteiger partial charge in [0.05, 0.1) is 52.1 Å². The molecule has 2 aromatic rings. The number of phenols is 2. The number of aryl methyl sites for hydroxylation is 1. The monoisotopic (exact) mass is 500 g/mol. The average Bonchev–Trinajstić information content (AvgIpc) is 2.84. The molecule has 5 atom stereocenters. The van der Waals surface area contributed by atoms with Gasteiger partial charge in [0, 0.05) is 22.3 Å². The molecule has 0 spiro atoms. The third kappa shape index (κ3) is 2.92. The van der Waals surface area contributed by atoms with E-state index >= 15 is 0 Å². The van der Waals surface area contributed by atoms with Gasteiger partial charge in [0.25, 0.3) is 0 Å². The number of piperazine rings is 1. The minimum Gasteiger partial charge on any atom is -0.507 e. The zero-order chi connectivity index (χ0) is 26.2. The van der Waals surface area contributed by atoms with Crippen LogP contribution in [0.2, 0.25) is 0 Å². The number of hydrogen-bond acceptors (Lipinski definition) is 9. The average molecular weight is 501 g/mol. The van der Waals surface area contributed by atoms with Gasteiger partial charge in [0.1, 0.15) is 11.9 Å². The number of likely N-dealkylation sites (N-methyl/N-ethyl adjacent to an activating group) is 1. The highest BCUT2D eigenvalue weighted by Gasteiger charge is 2.58. The molecule has 2 aromatic carbocycles. The first kappa shape index (κ1) is 24.5. The summed E-state index contributed by atoms with van der Waals surface area (Å²) in [4.78, 5) is 17.3. The van der Waals surface area contributed by atoms with Gasteiger partial charge in [0.15, 0.2) is 23.0 Å². The van der Waals surface area contributed by atoms with Crippen molar-refractivity contribution in [1.82, 2.24) is 9.80 Å². The van der Waals surface area contributed by atoms with Crippen LogP contribution in [0.4, 0.5) is 0 Å². The maximum absolute atomic E-state index is 14.0. The minimum absolute atomic E-state index is 0.0386. The first-order chi connectivity index (χ1) is 17.1. The molecule has 2 bridgehead atoms. The van der Waals surface area contributed by atoms with Gasteiger partial charge < -0.3 is 39.5 Å². The Morgan fingerprint density at radius 2 is 1.61 bits per heavy atom. The van der Waals surface area contributed by atoms with Crippen molar-refractivity contribution in [2.75, 3.05) is 35.0 Å². The summed E-state index contributed by atoms with van der Waals surface area (Å²) in [7, 11) is 6.14. The SMILES string of the molecule is COc1c(C)cc2c(c1O)[C@@H]1[C@H]3[C@H](O)c4c(O)c(C)c(OC)c(OC)c4[C@H](CO)N3C(=O)[C@H](C2)N1C. The number of aliphatic hydroxyl groups is 2. The van der Waals surface area contributed by atoms with E-state index in [0.717, 1.165) is 11.1 Å². The predicted octanol–water partition coefficient (Wildman–Crippen LogP) is 1.63. The van der Waals surface area contributed by atoms with Crippen molar-refractivity contribution in [1.29, 1.82) is 0 Å². The van der Waals surface area contributed by atoms with Gasteiger partial charge in [-0.15, -0.1) is 0 Å². The number of benzene rings is 2. The second kappa shape index (κ2) is 8.43. The molecule has 36 heavy (non-hydrogen) atoms. The molecular weight excluding hydrogens is 468 g/mol. The van der Waals surface area contributed by atoms with Gasteiger partial charge in [-0.3, -0.25) is 9.69 Å². The minimum atomic E-state index is -1.35. The molecule has 194 valence electrons. The molecule has 1 fully saturated rings. The molecule has 3 heterocycles. The molecule has 0 radical (unpaired) electrons. The summed E-state index contributed by atoms with van der Waals surface area (Å²) in [6.07, 6.45) is -1.000. The number of aromatic hydroxyl groups is 2. The molecule has 0 aromatic heterocycles. The number of aliphatic hydroxyl groups excluding tert-OH is 2. The quantitative estimate of drug-likeness (QED) is 0.495. The summed E-state index contributed by atoms with van der Waals surface area (Å²) in [5.74, 6) is 0.357. The number of nitrogens with zero attached hydrogens (tertiary/aromatic N) is 2. The molecule has 10 nitrogen and oxygen atoms in total. The number of amides is 1. The van der Waals surface area contributed by atoms with E-state index in [-0.39, 0.29) is 34.5 Å². The molecule has 0 aliphatic carbocycles. The smallest absolute Gasteiger partial charge is 0.241 e. The second-order valence-corrected chi connectivity index (χ2v) is 9.73. The Morgan fingerprint density at radius 3 is 2.19 bits per heavy atom. The van der Waals surface area contributed by atoms with Crippen molar-refractivity contribution in [3.8, 4) is 28.7 Å². The van der Waals surface area contributed by atoms with E-state index in [9.17, 15) is 25.2 Å². The number of carbonyl (C=O) groups is 1. The number of carbonyl (C=O) groups excluding carboxylic acids is 1. The van der Waals surface area contributed by atoms with Crippen molar-refractivity contribution in [3.05, 3.63) is 39.4 Å². The lowest BCUT2D eigenvalue weighted by Gasteiger charge is -2.58. The third-order valence-corrected chi connectivity index (χ3v) is 8.15. The number of fused-ring (bicyclic) bond motifs is 7. The Morgan fingerprint density at radius 1 is 0.972 bits per heavy atom. The van der Waals surface area contributed by atoms with Crippen LogP contribution in [-0.2, 0) is 11.2 Å². The number of methoxy groups -OCH3 is 3. The van der Waals surface area contributed by atoms with E-state index in [4.69, 9.17) is 14.2 Å². The molecule has 1 saturated heterocycles. The predicted molar refractivity (Wildman–Crippen MR) is 129 cm³/mol. The van der Waals surface area contributed by atoms with Crippen LogP contribution in [0, 0.1) is 13.8 Å². The van der Waals surface area contributed by atoms with Gasteiger partial charge in [-0.1, -0.05) is 6.07 Å². The van der Waals surface area contributed by atoms with Crippen molar-refractivity contribution in [2.24, 2.45) is 0 Å². The summed E-state index contributed by atoms with van der Waals surface area (Å²) < 4.78 is 16.6. The molecular formula is C26H32N2O8. The van der Waals surface area contributed by atoms with Crippen LogP contribution in [0.25, 0.3) is 0 Å². The maximum atomic E-state index is 14.0. The molecule has 0 saturated carbocycles. The molecule has 3 aliphatic heterocycles. The van der Waals surface area contributed by atoms with Crippen LogP contribution < -0.4 is 14.2 Å². The fourth-order valence-corrected chi connectivity index (χ4v) is 6.62. The second-order valence-electron chi connectivity index (χ2n) is 9.73. The van der Waals surface area contributed by atoms with E-state index in [2.05, 4.69) is 0 Å². The molecule has 0 unspecified atom stereocenters. The summed E-state index contributed by atoms with van der Waals surface area (Å²) in [5, 5.41) is 44.9. The number of hydrogen-bond donors (Lipinski definition) is 4. The summed E-state index contributed by atoms with van der Waals surface area (Å²) in [5.41, 5.74) is 2.97. The summed E-state index contributed by atoms with van der Waals surface area (Å²) in [6.45, 7) is 3.01. The zero-order valence-electron chi connectivity index (χ0n) is 21.2. The first-order valence-electron chi connectivity index (χ1n) is 11.8. The molecule has 3 aliphatic rings. The maximum Gasteiger partial charge on any atom is 0.241 e. The Kier molecular flexibility index (Phi) is 5.73. The number of ether oxygens (including phenoxy) is 3. The van der Waals surface area contributed by atoms with Crippen LogP contribution in [0.15, 0.2) is 6.07 Å². The van der Waals surface area contributed by atoms with Crippen molar-refractivity contribution >= 4 is 5.91 Å². The molecule has 4 N–H and O–H groups in total. The van der Waals surface area contributed by atoms with Crippen LogP contribution >= 0.6 is 0 Å². The lowest BCUT2D eigenvalue weighted by atomic mass is 9.72. The Bertz CT molecular complexity index is 1260. The molecule has 1 amide bonds. The van der Waals surface area contributed by atoms with Gasteiger partial charge in [-0.2, -0.15) is 0 Å². The fourth-order valence-electron chi connectivity index (χ4n) is 6.62. The molecule has 5 rings (SSSR count). The lowest BCUT2D eigenvalue weighted by Crippen LogP contribution is -2.67. The van der Waals surface area contributed by atoms with E-state index in [0.29, 0.717) is 28.9 Å². The number of rotatable bonds is 4. The van der Waals surface area contributed by atoms with Crippen LogP contribution in [-0.4, -0.2) is 83.2 Å². The topological polar surface area (TPSA) is 132 Å². The summed E-state index contributed by atoms with van der Waals surface area (Å²) >= 11 is 0. The Balaban J connectivity index is 1.82. The first-order valence-corrected chi connectivity index (χ1v) is 11.8. The van der Waals surface area contributed by atoms with Crippen molar-refractivity contribution in [2.45, 2.75) is 50.5 Å². The largest absolute Gasteiger partial charge is 0.507 e. The lowest BCUT2D eigenvalue weighted by molar-refractivity contribution is -0.168. The van der Waals surface area contributed by atoms with E-state index in [1.54, 1.807) is 14.0 Å². The highest BCUT2D eigenvalue weighted by atomic mass is 16.5. The zero-order valence-corrected chi connectivity index (χ0v) is 21.2. The van der Waals surface area contributed by atoms with Crippen LogP contribution in [0.5, 0.6) is 28.7 Å². The normalized spacial score (nSPS) is 26.7. The van der Waals surface area contributed by atoms with Gasteiger partial charge >= 0.3 is 0 Å². The van der Waals surface area contributed by atoms with Crippen LogP contribution in [0.1, 0.15) is 51.6 Å². The summed E-state index contributed by atoms with van der Waals surface area (Å²) in [6, 6.07) is -1.11. The van der Waals surface area contributed by atoms with E-state index in [1.165, 1.54) is 26.2 Å². The van der Waals surface area contributed by atoms with Crippen molar-refractivity contribution in [3.63, 3.8) is 0 Å². The van der Waals surface area contributed by atoms with Crippen LogP contribution in [0.3, 0.4) is 0 Å². The standard InChI is InChI=1S/C26H32N2O8/c1-10-7-12-8-13-26(33)28-14(9-29)16-17(20(30)11(2)24(35-5)25(16)36-6)21(31)19(28)18(27(13)3)15(12)22(32)23(10)34-4/h7,13-14,18-19,21,29-32H,8-9H2,1-6H3/t13-,14-,18+,19-,21+/m0/s1. The van der Waals surface area contributed by atoms with E-state index in [1.807, 2.05) is 17.9 Å².